The highest BCUT2D eigenvalue weighted by Crippen LogP contribution is 2.08. The van der Waals surface area contributed by atoms with Gasteiger partial charge in [0.05, 0.1) is 11.6 Å². The molecule has 0 saturated heterocycles. The summed E-state index contributed by atoms with van der Waals surface area (Å²) in [4.78, 5) is 13.8. The van der Waals surface area contributed by atoms with Gasteiger partial charge in [0.2, 0.25) is 0 Å². The summed E-state index contributed by atoms with van der Waals surface area (Å²) < 4.78 is 0. The van der Waals surface area contributed by atoms with Gasteiger partial charge in [0.15, 0.2) is 0 Å². The summed E-state index contributed by atoms with van der Waals surface area (Å²) >= 11 is 0. The molecule has 1 rings (SSSR count). The molecule has 1 N–H and O–H groups in total. The summed E-state index contributed by atoms with van der Waals surface area (Å²) in [5, 5.41) is 11.7. The van der Waals surface area contributed by atoms with Crippen LogP contribution in [0.5, 0.6) is 0 Å². The van der Waals surface area contributed by atoms with Gasteiger partial charge in [-0.1, -0.05) is 19.1 Å². The Morgan fingerprint density at radius 1 is 1.37 bits per heavy atom. The summed E-state index contributed by atoms with van der Waals surface area (Å²) in [5.41, 5.74) is 1.67. The third-order valence-corrected chi connectivity index (χ3v) is 2.65. The first-order chi connectivity index (χ1) is 9.06. The molecule has 0 spiro atoms. The van der Waals surface area contributed by atoms with Crippen molar-refractivity contribution in [3.63, 3.8) is 0 Å². The average molecular weight is 259 g/mol. The van der Waals surface area contributed by atoms with Crippen LogP contribution in [0.3, 0.4) is 0 Å². The number of urea groups is 1. The maximum Gasteiger partial charge on any atom is 0.317 e. The molecular weight excluding hydrogens is 238 g/mol. The van der Waals surface area contributed by atoms with E-state index in [0.29, 0.717) is 12.1 Å². The number of benzene rings is 1. The van der Waals surface area contributed by atoms with Crippen LogP contribution in [0.25, 0.3) is 0 Å². The largest absolute Gasteiger partial charge is 0.336 e. The van der Waals surface area contributed by atoms with E-state index in [1.54, 1.807) is 17.0 Å². The van der Waals surface area contributed by atoms with Crippen LogP contribution in [0, 0.1) is 11.3 Å². The lowest BCUT2D eigenvalue weighted by atomic mass is 10.1. The lowest BCUT2D eigenvalue weighted by Gasteiger charge is -2.24. The second kappa shape index (κ2) is 7.42. The van der Waals surface area contributed by atoms with Crippen LogP contribution >= 0.6 is 0 Å². The van der Waals surface area contributed by atoms with Crippen LogP contribution in [-0.4, -0.2) is 23.5 Å². The number of nitriles is 1. The fraction of sp³-hybridized carbons (Fsp3) is 0.467. The summed E-state index contributed by atoms with van der Waals surface area (Å²) in [6.07, 6.45) is 0.918. The highest BCUT2D eigenvalue weighted by Gasteiger charge is 2.13. The van der Waals surface area contributed by atoms with Gasteiger partial charge in [-0.2, -0.15) is 5.26 Å². The van der Waals surface area contributed by atoms with Gasteiger partial charge in [-0.25, -0.2) is 4.79 Å². The standard InChI is InChI=1S/C15H21N3O/c1-4-9-18(15(19)17-12(2)3)11-14-7-5-13(10-16)6-8-14/h5-8,12H,4,9,11H2,1-3H3,(H,17,19). The van der Waals surface area contributed by atoms with E-state index >= 15 is 0 Å². The van der Waals surface area contributed by atoms with Crippen molar-refractivity contribution in [2.75, 3.05) is 6.54 Å². The smallest absolute Gasteiger partial charge is 0.317 e. The third kappa shape index (κ3) is 5.01. The third-order valence-electron chi connectivity index (χ3n) is 2.65. The maximum absolute atomic E-state index is 12.0. The summed E-state index contributed by atoms with van der Waals surface area (Å²) in [6.45, 7) is 7.23. The SMILES string of the molecule is CCCN(Cc1ccc(C#N)cc1)C(=O)NC(C)C. The minimum absolute atomic E-state index is 0.0405. The van der Waals surface area contributed by atoms with E-state index in [-0.39, 0.29) is 12.1 Å². The van der Waals surface area contributed by atoms with Gasteiger partial charge in [-0.05, 0) is 38.0 Å². The van der Waals surface area contributed by atoms with E-state index in [4.69, 9.17) is 5.26 Å². The topological polar surface area (TPSA) is 56.1 Å². The molecule has 0 aliphatic rings. The fourth-order valence-electron chi connectivity index (χ4n) is 1.77. The number of hydrogen-bond donors (Lipinski definition) is 1. The van der Waals surface area contributed by atoms with E-state index < -0.39 is 0 Å². The van der Waals surface area contributed by atoms with Gasteiger partial charge in [0.1, 0.15) is 0 Å². The van der Waals surface area contributed by atoms with Gasteiger partial charge in [-0.15, -0.1) is 0 Å². The Balaban J connectivity index is 2.71. The minimum Gasteiger partial charge on any atom is -0.336 e. The minimum atomic E-state index is -0.0405. The maximum atomic E-state index is 12.0. The lowest BCUT2D eigenvalue weighted by molar-refractivity contribution is 0.192. The molecule has 0 unspecified atom stereocenters. The van der Waals surface area contributed by atoms with Crippen LogP contribution in [0.4, 0.5) is 4.79 Å². The Morgan fingerprint density at radius 3 is 2.47 bits per heavy atom. The Bertz CT molecular complexity index is 445. The number of carbonyl (C=O) groups is 1. The number of carbonyl (C=O) groups excluding carboxylic acids is 1. The van der Waals surface area contributed by atoms with Crippen LogP contribution in [0.2, 0.25) is 0 Å². The highest BCUT2D eigenvalue weighted by atomic mass is 16.2. The summed E-state index contributed by atoms with van der Waals surface area (Å²) in [5.74, 6) is 0. The second-order valence-electron chi connectivity index (χ2n) is 4.83. The van der Waals surface area contributed by atoms with Crippen molar-refractivity contribution in [1.82, 2.24) is 10.2 Å². The molecule has 19 heavy (non-hydrogen) atoms. The molecule has 4 heteroatoms. The molecule has 0 aliphatic carbocycles. The average Bonchev–Trinajstić information content (AvgIpc) is 2.38. The van der Waals surface area contributed by atoms with E-state index in [9.17, 15) is 4.79 Å². The first kappa shape index (κ1) is 15.0. The molecule has 0 radical (unpaired) electrons. The second-order valence-corrected chi connectivity index (χ2v) is 4.83. The predicted molar refractivity (Wildman–Crippen MR) is 75.5 cm³/mol. The summed E-state index contributed by atoms with van der Waals surface area (Å²) in [7, 11) is 0. The van der Waals surface area contributed by atoms with Crippen molar-refractivity contribution in [2.45, 2.75) is 39.8 Å². The molecular formula is C15H21N3O. The normalized spacial score (nSPS) is 10.1. The van der Waals surface area contributed by atoms with Gasteiger partial charge in [0.25, 0.3) is 0 Å². The highest BCUT2D eigenvalue weighted by molar-refractivity contribution is 5.74. The Morgan fingerprint density at radius 2 is 2.00 bits per heavy atom. The van der Waals surface area contributed by atoms with Crippen molar-refractivity contribution in [2.24, 2.45) is 0 Å². The van der Waals surface area contributed by atoms with Gasteiger partial charge < -0.3 is 10.2 Å². The fourth-order valence-corrected chi connectivity index (χ4v) is 1.77. The number of nitrogens with zero attached hydrogens (tertiary/aromatic N) is 2. The van der Waals surface area contributed by atoms with Gasteiger partial charge in [0, 0.05) is 19.1 Å². The quantitative estimate of drug-likeness (QED) is 0.884. The van der Waals surface area contributed by atoms with Crippen LogP contribution in [-0.2, 0) is 6.54 Å². The molecule has 0 fully saturated rings. The number of nitrogens with one attached hydrogen (secondary N) is 1. The molecule has 0 saturated carbocycles. The molecule has 2 amide bonds. The molecule has 4 nitrogen and oxygen atoms in total. The zero-order valence-corrected chi connectivity index (χ0v) is 11.8. The zero-order valence-electron chi connectivity index (χ0n) is 11.8. The predicted octanol–water partition coefficient (Wildman–Crippen LogP) is 2.89. The molecule has 0 heterocycles. The molecule has 0 atom stereocenters. The van der Waals surface area contributed by atoms with Crippen molar-refractivity contribution < 1.29 is 4.79 Å². The lowest BCUT2D eigenvalue weighted by Crippen LogP contribution is -2.42. The summed E-state index contributed by atoms with van der Waals surface area (Å²) in [6, 6.07) is 9.52. The van der Waals surface area contributed by atoms with E-state index in [1.165, 1.54) is 0 Å². The van der Waals surface area contributed by atoms with Crippen molar-refractivity contribution in [3.8, 4) is 6.07 Å². The molecule has 102 valence electrons. The van der Waals surface area contributed by atoms with Crippen LogP contribution < -0.4 is 5.32 Å². The van der Waals surface area contributed by atoms with Crippen molar-refractivity contribution in [1.29, 1.82) is 5.26 Å². The molecule has 1 aromatic rings. The van der Waals surface area contributed by atoms with Crippen LogP contribution in [0.15, 0.2) is 24.3 Å². The van der Waals surface area contributed by atoms with Crippen LogP contribution in [0.1, 0.15) is 38.3 Å². The van der Waals surface area contributed by atoms with Gasteiger partial charge >= 0.3 is 6.03 Å². The first-order valence-electron chi connectivity index (χ1n) is 6.61. The van der Waals surface area contributed by atoms with E-state index in [2.05, 4.69) is 18.3 Å². The van der Waals surface area contributed by atoms with E-state index in [0.717, 1.165) is 18.5 Å². The number of hydrogen-bond acceptors (Lipinski definition) is 2. The number of amides is 2. The van der Waals surface area contributed by atoms with Crippen molar-refractivity contribution in [3.05, 3.63) is 35.4 Å². The van der Waals surface area contributed by atoms with Gasteiger partial charge in [-0.3, -0.25) is 0 Å². The Kier molecular flexibility index (Phi) is 5.87. The Labute approximate surface area is 115 Å². The number of rotatable bonds is 5. The van der Waals surface area contributed by atoms with E-state index in [1.807, 2.05) is 26.0 Å². The monoisotopic (exact) mass is 259 g/mol. The van der Waals surface area contributed by atoms with Crippen molar-refractivity contribution >= 4 is 6.03 Å². The Hall–Kier alpha value is -2.02. The zero-order chi connectivity index (χ0) is 14.3. The molecule has 0 aliphatic heterocycles. The molecule has 0 bridgehead atoms. The molecule has 0 aromatic heterocycles. The molecule has 1 aromatic carbocycles. The first-order valence-corrected chi connectivity index (χ1v) is 6.61.